The van der Waals surface area contributed by atoms with E-state index in [9.17, 15) is 14.4 Å². The minimum Gasteiger partial charge on any atom is -0.463 e. The summed E-state index contributed by atoms with van der Waals surface area (Å²) in [6.07, 6.45) is -11.5. The fourth-order valence-corrected chi connectivity index (χ4v) is 6.55. The number of carbonyl (C=O) groups excluding carboxylic acids is 3. The highest BCUT2D eigenvalue weighted by atomic mass is 35.6. The first kappa shape index (κ1) is 44.3. The Kier molecular flexibility index (Phi) is 16.1. The Labute approximate surface area is 345 Å². The fraction of sp³-hybridized carbons (Fsp3) is 0.450. The first-order valence-corrected chi connectivity index (χ1v) is 19.0. The van der Waals surface area contributed by atoms with Gasteiger partial charge in [0.25, 0.3) is 3.79 Å². The van der Waals surface area contributed by atoms with Gasteiger partial charge >= 0.3 is 17.9 Å². The highest BCUT2D eigenvalue weighted by Gasteiger charge is 2.56. The molecule has 0 bridgehead atoms. The number of ether oxygens (including phenoxy) is 10. The van der Waals surface area contributed by atoms with Gasteiger partial charge < -0.3 is 47.4 Å². The number of esters is 3. The molecule has 1 N–H and O–H groups in total. The third-order valence-electron chi connectivity index (χ3n) is 9.23. The molecule has 2 aliphatic heterocycles. The van der Waals surface area contributed by atoms with Crippen molar-refractivity contribution in [2.75, 3.05) is 20.8 Å². The molecule has 0 aromatic heterocycles. The summed E-state index contributed by atoms with van der Waals surface area (Å²) >= 11 is 17.9. The van der Waals surface area contributed by atoms with E-state index in [4.69, 9.17) is 87.6 Å². The van der Waals surface area contributed by atoms with Gasteiger partial charge in [-0.3, -0.25) is 10.2 Å². The number of alkyl halides is 3. The van der Waals surface area contributed by atoms with Gasteiger partial charge in [0.15, 0.2) is 18.5 Å². The monoisotopic (exact) mass is 851 g/mol. The number of methoxy groups -OCH3 is 2. The average molecular weight is 853 g/mol. The maximum Gasteiger partial charge on any atom is 0.338 e. The summed E-state index contributed by atoms with van der Waals surface area (Å²) in [6, 6.07) is 26.5. The Morgan fingerprint density at radius 2 is 1.28 bits per heavy atom. The molecule has 0 aliphatic carbocycles. The number of nitrogens with one attached hydrogen (secondary N) is 1. The largest absolute Gasteiger partial charge is 0.463 e. The van der Waals surface area contributed by atoms with Gasteiger partial charge in [0, 0.05) is 27.1 Å². The zero-order valence-electron chi connectivity index (χ0n) is 31.5. The lowest BCUT2D eigenvalue weighted by Crippen LogP contribution is -2.65. The number of rotatable bonds is 15. The molecule has 0 saturated carbocycles. The number of carbonyl (C=O) groups is 3. The third-order valence-corrected chi connectivity index (χ3v) is 9.75. The van der Waals surface area contributed by atoms with Gasteiger partial charge in [-0.05, 0) is 23.3 Å². The van der Waals surface area contributed by atoms with Gasteiger partial charge in [-0.1, -0.05) is 121 Å². The zero-order valence-corrected chi connectivity index (χ0v) is 33.8. The van der Waals surface area contributed by atoms with Crippen LogP contribution in [-0.4, -0.2) is 104 Å². The fourth-order valence-electron chi connectivity index (χ4n) is 6.42. The molecular weight excluding hydrogens is 809 g/mol. The van der Waals surface area contributed by atoms with Crippen LogP contribution in [-0.2, 0) is 70.2 Å². The van der Waals surface area contributed by atoms with Crippen LogP contribution in [0.1, 0.15) is 35.3 Å². The second-order valence-electron chi connectivity index (χ2n) is 13.2. The molecule has 3 aromatic carbocycles. The molecule has 2 saturated heterocycles. The molecule has 3 aromatic rings. The molecule has 57 heavy (non-hydrogen) atoms. The van der Waals surface area contributed by atoms with Crippen molar-refractivity contribution in [3.8, 4) is 0 Å². The first-order chi connectivity index (χ1) is 27.3. The summed E-state index contributed by atoms with van der Waals surface area (Å²) in [6.45, 7) is 2.43. The van der Waals surface area contributed by atoms with Gasteiger partial charge in [-0.25, -0.2) is 9.59 Å². The summed E-state index contributed by atoms with van der Waals surface area (Å²) < 4.78 is 58.1. The van der Waals surface area contributed by atoms with Crippen molar-refractivity contribution < 1.29 is 61.8 Å². The van der Waals surface area contributed by atoms with Crippen molar-refractivity contribution in [1.82, 2.24) is 0 Å². The minimum absolute atomic E-state index is 0.00680. The maximum atomic E-state index is 13.7. The summed E-state index contributed by atoms with van der Waals surface area (Å²) in [7, 11) is 2.77. The molecule has 2 aliphatic rings. The molecule has 17 heteroatoms. The summed E-state index contributed by atoms with van der Waals surface area (Å²) in [5.74, 6) is -3.62. The highest BCUT2D eigenvalue weighted by Crippen LogP contribution is 2.38. The van der Waals surface area contributed by atoms with Crippen molar-refractivity contribution in [1.29, 1.82) is 5.41 Å². The van der Waals surface area contributed by atoms with Gasteiger partial charge in [0.1, 0.15) is 43.7 Å². The number of benzene rings is 3. The van der Waals surface area contributed by atoms with Crippen molar-refractivity contribution in [3.63, 3.8) is 0 Å². The van der Waals surface area contributed by atoms with Crippen LogP contribution in [0.15, 0.2) is 91.0 Å². The predicted molar refractivity (Wildman–Crippen MR) is 206 cm³/mol. The molecule has 5 unspecified atom stereocenters. The molecule has 2 heterocycles. The van der Waals surface area contributed by atoms with Crippen LogP contribution >= 0.6 is 34.8 Å². The van der Waals surface area contributed by atoms with E-state index >= 15 is 0 Å². The summed E-state index contributed by atoms with van der Waals surface area (Å²) in [5.41, 5.74) is 1.74. The van der Waals surface area contributed by atoms with Crippen molar-refractivity contribution in [2.24, 2.45) is 5.92 Å². The molecule has 14 nitrogen and oxygen atoms in total. The Morgan fingerprint density at radius 3 is 1.84 bits per heavy atom. The van der Waals surface area contributed by atoms with E-state index in [1.165, 1.54) is 21.1 Å². The normalized spacial score (nSPS) is 27.5. The topological polar surface area (TPSA) is 167 Å². The molecule has 308 valence electrons. The van der Waals surface area contributed by atoms with E-state index in [2.05, 4.69) is 0 Å². The first-order valence-electron chi connectivity index (χ1n) is 17.9. The molecular formula is C40H44Cl3NO13. The second-order valence-corrected chi connectivity index (χ2v) is 15.4. The van der Waals surface area contributed by atoms with E-state index in [1.54, 1.807) is 49.4 Å². The van der Waals surface area contributed by atoms with Gasteiger partial charge in [-0.15, -0.1) is 0 Å². The quantitative estimate of drug-likeness (QED) is 0.0626. The van der Waals surface area contributed by atoms with E-state index in [0.29, 0.717) is 0 Å². The molecule has 10 atom stereocenters. The number of halogens is 3. The lowest BCUT2D eigenvalue weighted by Gasteiger charge is -2.48. The van der Waals surface area contributed by atoms with Crippen molar-refractivity contribution in [2.45, 2.75) is 86.2 Å². The lowest BCUT2D eigenvalue weighted by molar-refractivity contribution is -0.352. The summed E-state index contributed by atoms with van der Waals surface area (Å²) in [4.78, 5) is 39.4. The van der Waals surface area contributed by atoms with Crippen LogP contribution in [0, 0.1) is 11.3 Å². The number of hydrogen-bond donors (Lipinski definition) is 1. The molecule has 5 rings (SSSR count). The Morgan fingerprint density at radius 1 is 0.702 bits per heavy atom. The Bertz CT molecular complexity index is 1770. The van der Waals surface area contributed by atoms with Crippen LogP contribution in [0.5, 0.6) is 0 Å². The Hall–Kier alpha value is -3.83. The van der Waals surface area contributed by atoms with Crippen LogP contribution in [0.3, 0.4) is 0 Å². The van der Waals surface area contributed by atoms with Crippen molar-refractivity contribution >= 4 is 58.6 Å². The molecule has 0 radical (unpaired) electrons. The molecule has 2 fully saturated rings. The average Bonchev–Trinajstić information content (AvgIpc) is 3.20. The van der Waals surface area contributed by atoms with E-state index in [1.807, 2.05) is 48.5 Å². The van der Waals surface area contributed by atoms with Crippen molar-refractivity contribution in [3.05, 3.63) is 108 Å². The van der Waals surface area contributed by atoms with E-state index in [0.717, 1.165) is 11.1 Å². The lowest BCUT2D eigenvalue weighted by atomic mass is 9.89. The van der Waals surface area contributed by atoms with Gasteiger partial charge in [0.2, 0.25) is 12.2 Å². The van der Waals surface area contributed by atoms with Crippen LogP contribution in [0.25, 0.3) is 0 Å². The van der Waals surface area contributed by atoms with E-state index < -0.39 is 95.4 Å². The summed E-state index contributed by atoms with van der Waals surface area (Å²) in [5, 5.41) is 8.32. The third kappa shape index (κ3) is 11.9. The smallest absolute Gasteiger partial charge is 0.338 e. The Balaban J connectivity index is 1.52. The number of hydrogen-bond acceptors (Lipinski definition) is 14. The standard InChI is InChI=1S/C40H44Cl3NO13/c1-23-29(48-3)34(54-35(46)27-18-12-7-13-19-27)38(55-30(23)36(47)52-21-26-16-10-6-11-17-26)56-31-28(22-50-24(2)45)53-37(57-39(44)40(41,42)43)33(32(31)49-4)51-20-25-14-8-5-9-15-25/h5-19,23,28-34,37-38,44H,20-22H2,1-4H3/t23-,28?,29?,30?,31+,32?,33?,34-,37+,38-/m0/s1. The van der Waals surface area contributed by atoms with Crippen LogP contribution in [0.4, 0.5) is 0 Å². The van der Waals surface area contributed by atoms with Crippen LogP contribution < -0.4 is 0 Å². The van der Waals surface area contributed by atoms with Gasteiger partial charge in [0.05, 0.1) is 12.2 Å². The van der Waals surface area contributed by atoms with Gasteiger partial charge in [-0.2, -0.15) is 0 Å². The highest BCUT2D eigenvalue weighted by molar-refractivity contribution is 6.76. The molecule has 0 spiro atoms. The molecule has 0 amide bonds. The zero-order chi connectivity index (χ0) is 41.1. The maximum absolute atomic E-state index is 13.7. The van der Waals surface area contributed by atoms with Crippen LogP contribution in [0.2, 0.25) is 0 Å². The van der Waals surface area contributed by atoms with E-state index in [-0.39, 0.29) is 18.8 Å². The second kappa shape index (κ2) is 20.7. The predicted octanol–water partition coefficient (Wildman–Crippen LogP) is 5.97. The minimum atomic E-state index is -2.28. The SMILES string of the molecule is COC1C(OCc2ccccc2)[C@@H](OC(=N)C(Cl)(Cl)Cl)OC(COC(C)=O)[C@H]1O[C@@H]1OC(C(=O)OCc2ccccc2)[C@@H](C)C(OC)[C@@H]1OC(=O)c1ccccc1.